The maximum atomic E-state index is 5.26. The van der Waals surface area contributed by atoms with Gasteiger partial charge in [-0.3, -0.25) is 9.67 Å². The Morgan fingerprint density at radius 2 is 2.04 bits per heavy atom. The standard InChI is InChI=1S/C17H25N7O/c1-18-17(20-11-15-21-16(23-25-15)12-6-7-12)19-10-13-8-9-24(22-13)14-4-2-3-5-14/h8-9,12,14H,2-7,10-11H2,1H3,(H2,18,19,20). The molecule has 8 nitrogen and oxygen atoms in total. The molecule has 25 heavy (non-hydrogen) atoms. The predicted molar refractivity (Wildman–Crippen MR) is 93.0 cm³/mol. The lowest BCUT2D eigenvalue weighted by atomic mass is 10.3. The Kier molecular flexibility index (Phi) is 4.67. The zero-order valence-corrected chi connectivity index (χ0v) is 14.6. The maximum absolute atomic E-state index is 5.26. The molecule has 134 valence electrons. The summed E-state index contributed by atoms with van der Waals surface area (Å²) in [6.07, 6.45) is 9.53. The molecule has 0 unspecified atom stereocenters. The fourth-order valence-electron chi connectivity index (χ4n) is 3.25. The van der Waals surface area contributed by atoms with E-state index in [1.54, 1.807) is 7.05 Å². The van der Waals surface area contributed by atoms with E-state index in [4.69, 9.17) is 4.52 Å². The van der Waals surface area contributed by atoms with Crippen LogP contribution in [0.3, 0.4) is 0 Å². The van der Waals surface area contributed by atoms with Crippen LogP contribution in [0.4, 0.5) is 0 Å². The van der Waals surface area contributed by atoms with E-state index >= 15 is 0 Å². The van der Waals surface area contributed by atoms with Crippen molar-refractivity contribution in [2.45, 2.75) is 63.6 Å². The summed E-state index contributed by atoms with van der Waals surface area (Å²) in [5.41, 5.74) is 1.02. The van der Waals surface area contributed by atoms with Crippen LogP contribution in [0.15, 0.2) is 21.8 Å². The molecular formula is C17H25N7O. The number of aromatic nitrogens is 4. The summed E-state index contributed by atoms with van der Waals surface area (Å²) in [5.74, 6) is 2.62. The van der Waals surface area contributed by atoms with E-state index in [1.165, 1.54) is 38.5 Å². The quantitative estimate of drug-likeness (QED) is 0.616. The average Bonchev–Trinajstić information content (AvgIpc) is 3.08. The van der Waals surface area contributed by atoms with Crippen molar-refractivity contribution in [2.75, 3.05) is 7.05 Å². The zero-order valence-electron chi connectivity index (χ0n) is 14.6. The molecule has 4 rings (SSSR count). The largest absolute Gasteiger partial charge is 0.351 e. The zero-order chi connectivity index (χ0) is 17.1. The monoisotopic (exact) mass is 343 g/mol. The van der Waals surface area contributed by atoms with Gasteiger partial charge in [0.1, 0.15) is 0 Å². The van der Waals surface area contributed by atoms with Crippen molar-refractivity contribution < 1.29 is 4.52 Å². The van der Waals surface area contributed by atoms with Crippen LogP contribution in [0.25, 0.3) is 0 Å². The van der Waals surface area contributed by atoms with E-state index in [0.29, 0.717) is 36.9 Å². The highest BCUT2D eigenvalue weighted by atomic mass is 16.5. The summed E-state index contributed by atoms with van der Waals surface area (Å²) in [6, 6.07) is 2.64. The van der Waals surface area contributed by atoms with Crippen molar-refractivity contribution in [3.63, 3.8) is 0 Å². The molecule has 2 saturated carbocycles. The van der Waals surface area contributed by atoms with E-state index in [9.17, 15) is 0 Å². The van der Waals surface area contributed by atoms with Crippen LogP contribution in [0.5, 0.6) is 0 Å². The van der Waals surface area contributed by atoms with Gasteiger partial charge in [0.2, 0.25) is 5.89 Å². The van der Waals surface area contributed by atoms with Crippen LogP contribution in [0.2, 0.25) is 0 Å². The number of nitrogens with one attached hydrogen (secondary N) is 2. The molecule has 0 amide bonds. The predicted octanol–water partition coefficient (Wildman–Crippen LogP) is 2.12. The van der Waals surface area contributed by atoms with Gasteiger partial charge in [-0.2, -0.15) is 10.1 Å². The molecule has 0 aliphatic heterocycles. The Balaban J connectivity index is 1.25. The molecule has 2 aromatic rings. The second kappa shape index (κ2) is 7.25. The first-order valence-corrected chi connectivity index (χ1v) is 9.13. The van der Waals surface area contributed by atoms with Gasteiger partial charge in [0, 0.05) is 19.2 Å². The number of nitrogens with zero attached hydrogens (tertiary/aromatic N) is 5. The Bertz CT molecular complexity index is 725. The molecule has 2 aromatic heterocycles. The first-order chi connectivity index (χ1) is 12.3. The Hall–Kier alpha value is -2.38. The lowest BCUT2D eigenvalue weighted by Crippen LogP contribution is -2.36. The van der Waals surface area contributed by atoms with E-state index in [2.05, 4.69) is 47.8 Å². The van der Waals surface area contributed by atoms with Gasteiger partial charge in [-0.15, -0.1) is 0 Å². The minimum Gasteiger partial charge on any atom is -0.351 e. The molecule has 2 aliphatic rings. The molecule has 8 heteroatoms. The van der Waals surface area contributed by atoms with Crippen LogP contribution in [0, 0.1) is 0 Å². The molecule has 0 spiro atoms. The van der Waals surface area contributed by atoms with Crippen LogP contribution >= 0.6 is 0 Å². The van der Waals surface area contributed by atoms with Gasteiger partial charge in [-0.1, -0.05) is 18.0 Å². The van der Waals surface area contributed by atoms with Gasteiger partial charge in [0.15, 0.2) is 11.8 Å². The smallest absolute Gasteiger partial charge is 0.246 e. The van der Waals surface area contributed by atoms with E-state index < -0.39 is 0 Å². The van der Waals surface area contributed by atoms with Crippen LogP contribution in [-0.4, -0.2) is 32.9 Å². The number of hydrogen-bond acceptors (Lipinski definition) is 5. The summed E-state index contributed by atoms with van der Waals surface area (Å²) < 4.78 is 7.37. The lowest BCUT2D eigenvalue weighted by molar-refractivity contribution is 0.370. The first-order valence-electron chi connectivity index (χ1n) is 9.13. The third kappa shape index (κ3) is 4.00. The molecule has 2 aliphatic carbocycles. The maximum Gasteiger partial charge on any atom is 0.246 e. The van der Waals surface area contributed by atoms with E-state index in [1.807, 2.05) is 0 Å². The average molecular weight is 343 g/mol. The fraction of sp³-hybridized carbons (Fsp3) is 0.647. The van der Waals surface area contributed by atoms with Crippen molar-refractivity contribution in [3.05, 3.63) is 29.7 Å². The van der Waals surface area contributed by atoms with Crippen LogP contribution in [0.1, 0.15) is 67.9 Å². The normalized spacial score (nSPS) is 18.7. The number of rotatable bonds is 6. The summed E-state index contributed by atoms with van der Waals surface area (Å²) in [7, 11) is 1.75. The van der Waals surface area contributed by atoms with Gasteiger partial charge in [-0.25, -0.2) is 0 Å². The molecular weight excluding hydrogens is 318 g/mol. The highest BCUT2D eigenvalue weighted by Gasteiger charge is 2.28. The van der Waals surface area contributed by atoms with Crippen molar-refractivity contribution in [1.82, 2.24) is 30.6 Å². The minimum absolute atomic E-state index is 0.468. The second-order valence-corrected chi connectivity index (χ2v) is 6.83. The summed E-state index contributed by atoms with van der Waals surface area (Å²) in [5, 5.41) is 15.2. The number of hydrogen-bond donors (Lipinski definition) is 2. The van der Waals surface area contributed by atoms with Crippen molar-refractivity contribution in [2.24, 2.45) is 4.99 Å². The molecule has 0 aromatic carbocycles. The van der Waals surface area contributed by atoms with Crippen molar-refractivity contribution in [1.29, 1.82) is 0 Å². The van der Waals surface area contributed by atoms with Crippen LogP contribution in [-0.2, 0) is 13.1 Å². The molecule has 0 bridgehead atoms. The third-order valence-corrected chi connectivity index (χ3v) is 4.86. The first kappa shape index (κ1) is 16.1. The third-order valence-electron chi connectivity index (χ3n) is 4.86. The number of aliphatic imine (C=N–C) groups is 1. The molecule has 2 fully saturated rings. The van der Waals surface area contributed by atoms with Crippen molar-refractivity contribution in [3.8, 4) is 0 Å². The lowest BCUT2D eigenvalue weighted by Gasteiger charge is -2.10. The highest BCUT2D eigenvalue weighted by molar-refractivity contribution is 5.79. The molecule has 0 radical (unpaired) electrons. The highest BCUT2D eigenvalue weighted by Crippen LogP contribution is 2.38. The fourth-order valence-corrected chi connectivity index (χ4v) is 3.25. The summed E-state index contributed by atoms with van der Waals surface area (Å²) in [4.78, 5) is 8.63. The molecule has 0 saturated heterocycles. The second-order valence-electron chi connectivity index (χ2n) is 6.83. The van der Waals surface area contributed by atoms with E-state index in [-0.39, 0.29) is 0 Å². The number of guanidine groups is 1. The minimum atomic E-state index is 0.468. The summed E-state index contributed by atoms with van der Waals surface area (Å²) in [6.45, 7) is 1.10. The van der Waals surface area contributed by atoms with Gasteiger partial charge >= 0.3 is 0 Å². The summed E-state index contributed by atoms with van der Waals surface area (Å²) >= 11 is 0. The molecule has 2 N–H and O–H groups in total. The van der Waals surface area contributed by atoms with Gasteiger partial charge in [-0.05, 0) is 31.7 Å². The van der Waals surface area contributed by atoms with Crippen LogP contribution < -0.4 is 10.6 Å². The Morgan fingerprint density at radius 1 is 1.24 bits per heavy atom. The van der Waals surface area contributed by atoms with E-state index in [0.717, 1.165) is 11.5 Å². The van der Waals surface area contributed by atoms with Crippen molar-refractivity contribution >= 4 is 5.96 Å². The Morgan fingerprint density at radius 3 is 2.80 bits per heavy atom. The van der Waals surface area contributed by atoms with Gasteiger partial charge in [0.25, 0.3) is 0 Å². The molecule has 0 atom stereocenters. The van der Waals surface area contributed by atoms with Gasteiger partial charge < -0.3 is 15.2 Å². The SMILES string of the molecule is CN=C(NCc1ccn(C2CCCC2)n1)NCc1nc(C2CC2)no1. The van der Waals surface area contributed by atoms with Gasteiger partial charge in [0.05, 0.1) is 24.8 Å². The molecule has 2 heterocycles. The topological polar surface area (TPSA) is 93.2 Å². The Labute approximate surface area is 147 Å².